The van der Waals surface area contributed by atoms with Crippen LogP contribution in [-0.2, 0) is 4.79 Å². The van der Waals surface area contributed by atoms with Crippen molar-refractivity contribution < 1.29 is 4.79 Å². The van der Waals surface area contributed by atoms with Crippen LogP contribution in [0.3, 0.4) is 0 Å². The number of carbonyl (C=O) groups is 1. The summed E-state index contributed by atoms with van der Waals surface area (Å²) < 4.78 is 2.00. The lowest BCUT2D eigenvalue weighted by atomic mass is 9.88. The first kappa shape index (κ1) is 19.3. The predicted octanol–water partition coefficient (Wildman–Crippen LogP) is 2.08. The number of aromatic nitrogens is 4. The van der Waals surface area contributed by atoms with Crippen LogP contribution in [0, 0.1) is 17.8 Å². The van der Waals surface area contributed by atoms with E-state index in [1.807, 2.05) is 10.9 Å². The van der Waals surface area contributed by atoms with Crippen LogP contribution in [0.4, 0.5) is 17.5 Å². The molecule has 2 aliphatic carbocycles. The van der Waals surface area contributed by atoms with Crippen LogP contribution >= 0.6 is 11.6 Å². The van der Waals surface area contributed by atoms with Gasteiger partial charge in [-0.3, -0.25) is 9.48 Å². The predicted molar refractivity (Wildman–Crippen MR) is 115 cm³/mol. The summed E-state index contributed by atoms with van der Waals surface area (Å²) in [5.74, 6) is 0.796. The van der Waals surface area contributed by atoms with Crippen molar-refractivity contribution in [1.82, 2.24) is 25.1 Å². The fraction of sp³-hybridized carbons (Fsp3) is 0.500. The topological polar surface area (TPSA) is 123 Å². The largest absolute Gasteiger partial charge is 0.369 e. The molecule has 1 saturated carbocycles. The van der Waals surface area contributed by atoms with E-state index in [0.717, 1.165) is 38.0 Å². The van der Waals surface area contributed by atoms with Crippen LogP contribution in [0.2, 0.25) is 5.02 Å². The molecule has 3 heterocycles. The number of allylic oxidation sites excluding steroid dienone is 1. The number of rotatable bonds is 6. The Bertz CT molecular complexity index is 969. The zero-order valence-electron chi connectivity index (χ0n) is 16.5. The summed E-state index contributed by atoms with van der Waals surface area (Å²) in [6.07, 6.45) is 12.6. The molecule has 5 N–H and O–H groups in total. The molecule has 2 aromatic rings. The van der Waals surface area contributed by atoms with Gasteiger partial charge in [0.15, 0.2) is 5.82 Å². The van der Waals surface area contributed by atoms with Gasteiger partial charge in [0.05, 0.1) is 30.0 Å². The van der Waals surface area contributed by atoms with Gasteiger partial charge in [-0.25, -0.2) is 4.98 Å². The number of carbonyl (C=O) groups excluding carboxylic acids is 1. The molecule has 0 aromatic carbocycles. The highest BCUT2D eigenvalue weighted by Gasteiger charge is 2.47. The highest BCUT2D eigenvalue weighted by Crippen LogP contribution is 2.45. The van der Waals surface area contributed by atoms with Gasteiger partial charge in [0.2, 0.25) is 11.9 Å². The summed E-state index contributed by atoms with van der Waals surface area (Å²) in [6.45, 7) is 2.01. The molecule has 158 valence electrons. The number of fused-ring (bicyclic) bond motifs is 2. The Labute approximate surface area is 179 Å². The van der Waals surface area contributed by atoms with E-state index < -0.39 is 0 Å². The number of halogens is 1. The van der Waals surface area contributed by atoms with Crippen molar-refractivity contribution in [2.24, 2.45) is 23.5 Å². The summed E-state index contributed by atoms with van der Waals surface area (Å²) in [5.41, 5.74) is 6.48. The van der Waals surface area contributed by atoms with Crippen LogP contribution in [0.25, 0.3) is 0 Å². The molecule has 30 heavy (non-hydrogen) atoms. The Hall–Kier alpha value is -2.65. The zero-order chi connectivity index (χ0) is 20.7. The average molecular weight is 429 g/mol. The van der Waals surface area contributed by atoms with E-state index in [0.29, 0.717) is 22.8 Å². The minimum absolute atomic E-state index is 0.111. The van der Waals surface area contributed by atoms with Crippen molar-refractivity contribution in [3.8, 4) is 0 Å². The molecule has 10 heteroatoms. The molecule has 0 radical (unpaired) electrons. The number of hydrogen-bond acceptors (Lipinski definition) is 7. The lowest BCUT2D eigenvalue weighted by Crippen LogP contribution is -2.41. The molecule has 2 unspecified atom stereocenters. The Morgan fingerprint density at radius 2 is 2.03 bits per heavy atom. The number of nitrogens with zero attached hydrogens (tertiary/aromatic N) is 4. The molecule has 0 spiro atoms. The summed E-state index contributed by atoms with van der Waals surface area (Å²) in [5, 5.41) is 14.8. The van der Waals surface area contributed by atoms with E-state index >= 15 is 0 Å². The Balaban J connectivity index is 1.31. The molecular weight excluding hydrogens is 404 g/mol. The number of nitrogens with two attached hydrogens (primary N) is 1. The number of anilines is 3. The minimum Gasteiger partial charge on any atom is -0.369 e. The third-order valence-electron chi connectivity index (χ3n) is 6.38. The van der Waals surface area contributed by atoms with Crippen molar-refractivity contribution in [3.05, 3.63) is 35.8 Å². The van der Waals surface area contributed by atoms with Crippen LogP contribution in [-0.4, -0.2) is 44.8 Å². The van der Waals surface area contributed by atoms with Gasteiger partial charge in [-0.15, -0.1) is 0 Å². The molecule has 4 atom stereocenters. The van der Waals surface area contributed by atoms with Gasteiger partial charge in [0.1, 0.15) is 5.02 Å². The smallest absolute Gasteiger partial charge is 0.229 e. The molecule has 1 amide bonds. The van der Waals surface area contributed by atoms with E-state index in [1.165, 1.54) is 0 Å². The first-order valence-electron chi connectivity index (χ1n) is 10.4. The maximum atomic E-state index is 12.0. The lowest BCUT2D eigenvalue weighted by Gasteiger charge is -2.27. The molecule has 5 rings (SSSR count). The zero-order valence-corrected chi connectivity index (χ0v) is 17.2. The number of nitrogens with one attached hydrogen (secondary N) is 3. The summed E-state index contributed by atoms with van der Waals surface area (Å²) in [6, 6.07) is 0.294. The molecule has 3 aliphatic rings. The monoisotopic (exact) mass is 428 g/mol. The quantitative estimate of drug-likeness (QED) is 0.519. The van der Waals surface area contributed by atoms with E-state index in [2.05, 4.69) is 43.2 Å². The molecule has 2 aromatic heterocycles. The molecule has 9 nitrogen and oxygen atoms in total. The Morgan fingerprint density at radius 3 is 2.83 bits per heavy atom. The van der Waals surface area contributed by atoms with E-state index in [9.17, 15) is 4.79 Å². The Morgan fingerprint density at radius 1 is 1.23 bits per heavy atom. The van der Waals surface area contributed by atoms with Crippen molar-refractivity contribution in [2.75, 3.05) is 23.7 Å². The van der Waals surface area contributed by atoms with Crippen LogP contribution in [0.15, 0.2) is 30.7 Å². The summed E-state index contributed by atoms with van der Waals surface area (Å²) in [7, 11) is 0. The van der Waals surface area contributed by atoms with E-state index in [-0.39, 0.29) is 29.7 Å². The maximum Gasteiger partial charge on any atom is 0.229 e. The van der Waals surface area contributed by atoms with Crippen LogP contribution in [0.1, 0.15) is 25.3 Å². The minimum atomic E-state index is -0.293. The molecule has 2 bridgehead atoms. The summed E-state index contributed by atoms with van der Waals surface area (Å²) in [4.78, 5) is 20.8. The van der Waals surface area contributed by atoms with Gasteiger partial charge >= 0.3 is 0 Å². The lowest BCUT2D eigenvalue weighted by molar-refractivity contribution is -0.122. The van der Waals surface area contributed by atoms with Crippen molar-refractivity contribution >= 4 is 35.0 Å². The fourth-order valence-corrected chi connectivity index (χ4v) is 5.04. The fourth-order valence-electron chi connectivity index (χ4n) is 4.90. The second kappa shape index (κ2) is 7.88. The number of hydrogen-bond donors (Lipinski definition) is 4. The summed E-state index contributed by atoms with van der Waals surface area (Å²) >= 11 is 6.34. The third-order valence-corrected chi connectivity index (χ3v) is 6.65. The van der Waals surface area contributed by atoms with Crippen molar-refractivity contribution in [1.29, 1.82) is 0 Å². The third kappa shape index (κ3) is 3.63. The number of amides is 1. The Kier molecular flexibility index (Phi) is 5.08. The molecule has 1 aliphatic heterocycles. The SMILES string of the molecule is NC(=O)C1C2C=C[C@@H](C2)[C@H]1Nc1nc(Nc2cnn(C3CCNCC3)c2)ncc1Cl. The van der Waals surface area contributed by atoms with Crippen molar-refractivity contribution in [2.45, 2.75) is 31.3 Å². The van der Waals surface area contributed by atoms with Crippen LogP contribution in [0.5, 0.6) is 0 Å². The van der Waals surface area contributed by atoms with Gasteiger partial charge in [-0.05, 0) is 44.2 Å². The average Bonchev–Trinajstić information content (AvgIpc) is 3.47. The molecule has 2 fully saturated rings. The van der Waals surface area contributed by atoms with Crippen LogP contribution < -0.4 is 21.7 Å². The van der Waals surface area contributed by atoms with E-state index in [1.54, 1.807) is 12.4 Å². The van der Waals surface area contributed by atoms with Gasteiger partial charge in [0.25, 0.3) is 0 Å². The van der Waals surface area contributed by atoms with Crippen molar-refractivity contribution in [3.63, 3.8) is 0 Å². The normalized spacial score (nSPS) is 28.0. The second-order valence-electron chi connectivity index (χ2n) is 8.25. The number of primary amides is 1. The number of piperidine rings is 1. The highest BCUT2D eigenvalue weighted by molar-refractivity contribution is 6.32. The molecule has 1 saturated heterocycles. The van der Waals surface area contributed by atoms with Gasteiger partial charge in [-0.2, -0.15) is 10.1 Å². The van der Waals surface area contributed by atoms with Gasteiger partial charge < -0.3 is 21.7 Å². The first-order chi connectivity index (χ1) is 14.6. The standard InChI is InChI=1S/C20H25ClN8O/c21-15-9-24-20(26-13-8-25-29(10-13)14-3-5-23-6-4-14)28-19(15)27-17-12-2-1-11(7-12)16(17)18(22)30/h1-2,8-12,14,16-17,23H,3-7H2,(H2,22,30)(H2,24,26,27,28)/t11?,12-,16?,17+/m0/s1. The van der Waals surface area contributed by atoms with E-state index in [4.69, 9.17) is 17.3 Å². The second-order valence-corrected chi connectivity index (χ2v) is 8.66. The first-order valence-corrected chi connectivity index (χ1v) is 10.7. The van der Waals surface area contributed by atoms with Gasteiger partial charge in [0, 0.05) is 12.2 Å². The highest BCUT2D eigenvalue weighted by atomic mass is 35.5. The molecular formula is C20H25ClN8O. The van der Waals surface area contributed by atoms with Gasteiger partial charge in [-0.1, -0.05) is 23.8 Å². The maximum absolute atomic E-state index is 12.0.